The van der Waals surface area contributed by atoms with Crippen LogP contribution in [0.4, 0.5) is 5.82 Å². The highest BCUT2D eigenvalue weighted by Crippen LogP contribution is 2.30. The molecule has 2 fully saturated rings. The third-order valence-corrected chi connectivity index (χ3v) is 4.53. The summed E-state index contributed by atoms with van der Waals surface area (Å²) in [6, 6.07) is 0.289. The average molecular weight is 307 g/mol. The maximum absolute atomic E-state index is 11.5. The summed E-state index contributed by atoms with van der Waals surface area (Å²) in [6.07, 6.45) is 4.07. The summed E-state index contributed by atoms with van der Waals surface area (Å²) in [5, 5.41) is 3.30. The van der Waals surface area contributed by atoms with Gasteiger partial charge in [0.15, 0.2) is 11.5 Å². The molecule has 2 aliphatic heterocycles. The molecule has 0 bridgehead atoms. The largest absolute Gasteiger partial charge is 0.354 e. The molecular weight excluding hydrogens is 292 g/mol. The number of amides is 1. The number of nitrogens with one attached hydrogen (secondary N) is 2. The fraction of sp³-hybridized carbons (Fsp3) is 0.538. The van der Waals surface area contributed by atoms with Gasteiger partial charge in [-0.05, 0) is 30.4 Å². The van der Waals surface area contributed by atoms with E-state index >= 15 is 0 Å². The van der Waals surface area contributed by atoms with Gasteiger partial charge in [0.1, 0.15) is 5.52 Å². The molecule has 110 valence electrons. The number of aromatic nitrogens is 4. The fourth-order valence-electron chi connectivity index (χ4n) is 3.32. The van der Waals surface area contributed by atoms with Gasteiger partial charge in [-0.2, -0.15) is 9.97 Å². The van der Waals surface area contributed by atoms with E-state index in [-0.39, 0.29) is 17.2 Å². The predicted molar refractivity (Wildman–Crippen MR) is 78.2 cm³/mol. The first-order chi connectivity index (χ1) is 10.2. The second-order valence-corrected chi connectivity index (χ2v) is 5.96. The highest BCUT2D eigenvalue weighted by Gasteiger charge is 2.34. The molecule has 2 aromatic rings. The summed E-state index contributed by atoms with van der Waals surface area (Å²) in [5.41, 5.74) is 1.40. The Kier molecular flexibility index (Phi) is 2.95. The first-order valence-corrected chi connectivity index (χ1v) is 7.49. The van der Waals surface area contributed by atoms with Crippen LogP contribution in [-0.4, -0.2) is 45.0 Å². The van der Waals surface area contributed by atoms with Crippen LogP contribution in [0.3, 0.4) is 0 Å². The number of carbonyl (C=O) groups excluding carboxylic acids is 1. The van der Waals surface area contributed by atoms with E-state index in [1.54, 1.807) is 6.33 Å². The second-order valence-electron chi connectivity index (χ2n) is 5.62. The zero-order valence-corrected chi connectivity index (χ0v) is 12.1. The molecule has 2 aromatic heterocycles. The van der Waals surface area contributed by atoms with Crippen LogP contribution in [0.5, 0.6) is 0 Å². The van der Waals surface area contributed by atoms with Gasteiger partial charge in [-0.1, -0.05) is 0 Å². The van der Waals surface area contributed by atoms with Crippen LogP contribution in [0.1, 0.15) is 19.3 Å². The Bertz CT molecular complexity index is 701. The van der Waals surface area contributed by atoms with Crippen molar-refractivity contribution >= 4 is 34.5 Å². The van der Waals surface area contributed by atoms with Crippen molar-refractivity contribution in [3.05, 3.63) is 11.6 Å². The maximum Gasteiger partial charge on any atom is 0.226 e. The normalized spacial score (nSPS) is 25.8. The van der Waals surface area contributed by atoms with E-state index in [2.05, 4.69) is 30.2 Å². The minimum atomic E-state index is 0.172. The number of halogens is 1. The number of imidazole rings is 1. The van der Waals surface area contributed by atoms with Crippen molar-refractivity contribution in [3.63, 3.8) is 0 Å². The first kappa shape index (κ1) is 12.8. The Labute approximate surface area is 126 Å². The number of carbonyl (C=O) groups is 1. The number of hydrogen-bond donors (Lipinski definition) is 2. The van der Waals surface area contributed by atoms with E-state index in [1.165, 1.54) is 0 Å². The van der Waals surface area contributed by atoms with Gasteiger partial charge in [-0.25, -0.2) is 4.98 Å². The number of H-pyrrole nitrogens is 1. The molecule has 0 aliphatic carbocycles. The lowest BCUT2D eigenvalue weighted by atomic mass is 9.85. The molecule has 2 aliphatic rings. The number of fused-ring (bicyclic) bond motifs is 2. The SMILES string of the molecule is O=C1CCC2CN(c3nc(Cl)nc4nc[nH]c34)CCC2N1. The number of rotatable bonds is 1. The van der Waals surface area contributed by atoms with E-state index < -0.39 is 0 Å². The van der Waals surface area contributed by atoms with Crippen molar-refractivity contribution in [1.82, 2.24) is 25.3 Å². The summed E-state index contributed by atoms with van der Waals surface area (Å²) < 4.78 is 0. The molecule has 0 saturated carbocycles. The Hall–Kier alpha value is -1.89. The quantitative estimate of drug-likeness (QED) is 0.771. The minimum absolute atomic E-state index is 0.172. The Balaban J connectivity index is 1.64. The molecule has 7 nitrogen and oxygen atoms in total. The average Bonchev–Trinajstić information content (AvgIpc) is 2.94. The lowest BCUT2D eigenvalue weighted by Crippen LogP contribution is -2.54. The minimum Gasteiger partial charge on any atom is -0.354 e. The van der Waals surface area contributed by atoms with Crippen molar-refractivity contribution in [2.75, 3.05) is 18.0 Å². The van der Waals surface area contributed by atoms with Crippen LogP contribution in [0.25, 0.3) is 11.2 Å². The molecule has 1 amide bonds. The summed E-state index contributed by atoms with van der Waals surface area (Å²) in [7, 11) is 0. The summed E-state index contributed by atoms with van der Waals surface area (Å²) in [4.78, 5) is 29.4. The first-order valence-electron chi connectivity index (χ1n) is 7.11. The molecule has 0 spiro atoms. The molecule has 2 unspecified atom stereocenters. The number of piperidine rings is 2. The molecular formula is C13H15ClN6O. The van der Waals surface area contributed by atoms with Crippen LogP contribution in [0, 0.1) is 5.92 Å². The van der Waals surface area contributed by atoms with Gasteiger partial charge in [0, 0.05) is 25.6 Å². The van der Waals surface area contributed by atoms with E-state index in [4.69, 9.17) is 11.6 Å². The lowest BCUT2D eigenvalue weighted by Gasteiger charge is -2.41. The van der Waals surface area contributed by atoms with Crippen LogP contribution >= 0.6 is 11.6 Å². The van der Waals surface area contributed by atoms with Crippen molar-refractivity contribution in [2.24, 2.45) is 5.92 Å². The second kappa shape index (κ2) is 4.84. The number of anilines is 1. The Morgan fingerprint density at radius 3 is 3.14 bits per heavy atom. The predicted octanol–water partition coefficient (Wildman–Crippen LogP) is 1.11. The van der Waals surface area contributed by atoms with Gasteiger partial charge in [-0.3, -0.25) is 4.79 Å². The summed E-state index contributed by atoms with van der Waals surface area (Å²) >= 11 is 6.00. The van der Waals surface area contributed by atoms with Crippen LogP contribution in [0.15, 0.2) is 6.33 Å². The number of aromatic amines is 1. The van der Waals surface area contributed by atoms with Crippen molar-refractivity contribution in [2.45, 2.75) is 25.3 Å². The zero-order chi connectivity index (χ0) is 14.4. The molecule has 21 heavy (non-hydrogen) atoms. The van der Waals surface area contributed by atoms with Gasteiger partial charge < -0.3 is 15.2 Å². The van der Waals surface area contributed by atoms with E-state index in [1.807, 2.05) is 0 Å². The molecule has 4 heterocycles. The number of hydrogen-bond acceptors (Lipinski definition) is 5. The van der Waals surface area contributed by atoms with Gasteiger partial charge in [-0.15, -0.1) is 0 Å². The Morgan fingerprint density at radius 1 is 1.33 bits per heavy atom. The smallest absolute Gasteiger partial charge is 0.226 e. The lowest BCUT2D eigenvalue weighted by molar-refractivity contribution is -0.124. The molecule has 2 N–H and O–H groups in total. The van der Waals surface area contributed by atoms with Crippen molar-refractivity contribution in [3.8, 4) is 0 Å². The molecule has 0 aromatic carbocycles. The van der Waals surface area contributed by atoms with E-state index in [0.717, 1.165) is 37.3 Å². The number of nitrogens with zero attached hydrogens (tertiary/aromatic N) is 4. The highest BCUT2D eigenvalue weighted by molar-refractivity contribution is 6.28. The van der Waals surface area contributed by atoms with Gasteiger partial charge in [0.25, 0.3) is 0 Å². The van der Waals surface area contributed by atoms with Crippen molar-refractivity contribution < 1.29 is 4.79 Å². The van der Waals surface area contributed by atoms with Crippen LogP contribution in [-0.2, 0) is 4.79 Å². The fourth-order valence-corrected chi connectivity index (χ4v) is 3.48. The third kappa shape index (κ3) is 2.21. The monoisotopic (exact) mass is 306 g/mol. The highest BCUT2D eigenvalue weighted by atomic mass is 35.5. The van der Waals surface area contributed by atoms with Crippen molar-refractivity contribution in [1.29, 1.82) is 0 Å². The third-order valence-electron chi connectivity index (χ3n) is 4.36. The standard InChI is InChI=1S/C13H15ClN6O/c14-13-18-11-10(15-6-16-11)12(19-13)20-4-3-8-7(5-20)1-2-9(21)17-8/h6-8H,1-5H2,(H,17,21)(H,15,16,18,19). The topological polar surface area (TPSA) is 86.8 Å². The van der Waals surface area contributed by atoms with E-state index in [0.29, 0.717) is 18.0 Å². The molecule has 2 saturated heterocycles. The Morgan fingerprint density at radius 2 is 2.24 bits per heavy atom. The van der Waals surface area contributed by atoms with Crippen LogP contribution < -0.4 is 10.2 Å². The molecule has 0 radical (unpaired) electrons. The van der Waals surface area contributed by atoms with Gasteiger partial charge >= 0.3 is 0 Å². The summed E-state index contributed by atoms with van der Waals surface area (Å²) in [5.74, 6) is 1.44. The van der Waals surface area contributed by atoms with Crippen LogP contribution in [0.2, 0.25) is 5.28 Å². The maximum atomic E-state index is 11.5. The van der Waals surface area contributed by atoms with E-state index in [9.17, 15) is 4.79 Å². The molecule has 8 heteroatoms. The van der Waals surface area contributed by atoms with Gasteiger partial charge in [0.2, 0.25) is 11.2 Å². The molecule has 2 atom stereocenters. The molecule has 4 rings (SSSR count). The zero-order valence-electron chi connectivity index (χ0n) is 11.3. The van der Waals surface area contributed by atoms with Gasteiger partial charge in [0.05, 0.1) is 6.33 Å². The summed E-state index contributed by atoms with van der Waals surface area (Å²) in [6.45, 7) is 1.70.